The van der Waals surface area contributed by atoms with Crippen molar-refractivity contribution in [2.24, 2.45) is 11.8 Å². The van der Waals surface area contributed by atoms with Gasteiger partial charge in [0.1, 0.15) is 0 Å². The molecular weight excluding hydrogens is 382 g/mol. The number of ether oxygens (including phenoxy) is 1. The normalized spacial score (nSPS) is 19.6. The lowest BCUT2D eigenvalue weighted by atomic mass is 9.88. The van der Waals surface area contributed by atoms with Crippen LogP contribution < -0.4 is 0 Å². The average Bonchev–Trinajstić information content (AvgIpc) is 3.16. The number of thiophene rings is 1. The van der Waals surface area contributed by atoms with Crippen molar-refractivity contribution >= 4 is 23.2 Å². The summed E-state index contributed by atoms with van der Waals surface area (Å²) >= 11 is 1.65. The number of hydrogen-bond acceptors (Lipinski definition) is 4. The Kier molecular flexibility index (Phi) is 6.34. The number of esters is 1. The smallest absolute Gasteiger partial charge is 0.339 e. The summed E-state index contributed by atoms with van der Waals surface area (Å²) in [4.78, 5) is 28.2. The predicted octanol–water partition coefficient (Wildman–Crippen LogP) is 4.51. The zero-order valence-electron chi connectivity index (χ0n) is 17.1. The van der Waals surface area contributed by atoms with Crippen LogP contribution in [0.25, 0.3) is 0 Å². The van der Waals surface area contributed by atoms with Crippen LogP contribution in [0.15, 0.2) is 35.7 Å². The largest absolute Gasteiger partial charge is 0.452 e. The average molecular weight is 412 g/mol. The van der Waals surface area contributed by atoms with Crippen LogP contribution in [-0.4, -0.2) is 36.5 Å². The lowest BCUT2D eigenvalue weighted by Gasteiger charge is -2.32. The van der Waals surface area contributed by atoms with Gasteiger partial charge in [0.15, 0.2) is 6.61 Å². The minimum Gasteiger partial charge on any atom is -0.452 e. The summed E-state index contributed by atoms with van der Waals surface area (Å²) in [6.07, 6.45) is 6.17. The molecule has 0 spiro atoms. The van der Waals surface area contributed by atoms with Gasteiger partial charge in [-0.25, -0.2) is 4.79 Å². The molecule has 4 rings (SSSR count). The zero-order chi connectivity index (χ0) is 20.2. The molecule has 0 bridgehead atoms. The van der Waals surface area contributed by atoms with Crippen LogP contribution in [0.3, 0.4) is 0 Å². The van der Waals surface area contributed by atoms with E-state index in [1.807, 2.05) is 16.3 Å². The first-order valence-corrected chi connectivity index (χ1v) is 11.6. The second-order valence-electron chi connectivity index (χ2n) is 8.49. The van der Waals surface area contributed by atoms with Gasteiger partial charge in [-0.05, 0) is 61.5 Å². The molecule has 0 N–H and O–H groups in total. The van der Waals surface area contributed by atoms with E-state index >= 15 is 0 Å². The molecule has 0 radical (unpaired) electrons. The first-order chi connectivity index (χ1) is 14.1. The number of amides is 1. The third-order valence-electron chi connectivity index (χ3n) is 6.28. The van der Waals surface area contributed by atoms with Crippen molar-refractivity contribution in [1.29, 1.82) is 0 Å². The fraction of sp³-hybridized carbons (Fsp3) is 0.500. The molecule has 1 fully saturated rings. The van der Waals surface area contributed by atoms with Crippen LogP contribution in [0.1, 0.15) is 52.5 Å². The molecule has 1 aliphatic heterocycles. The van der Waals surface area contributed by atoms with Gasteiger partial charge in [-0.2, -0.15) is 0 Å². The van der Waals surface area contributed by atoms with E-state index in [1.54, 1.807) is 11.3 Å². The Morgan fingerprint density at radius 2 is 1.90 bits per heavy atom. The fourth-order valence-corrected chi connectivity index (χ4v) is 5.71. The van der Waals surface area contributed by atoms with Crippen molar-refractivity contribution in [3.63, 3.8) is 0 Å². The zero-order valence-corrected chi connectivity index (χ0v) is 17.9. The van der Waals surface area contributed by atoms with Gasteiger partial charge < -0.3 is 9.64 Å². The molecule has 2 aromatic rings. The quantitative estimate of drug-likeness (QED) is 0.680. The molecule has 1 aliphatic carbocycles. The number of fused-ring (bicyclic) bond motifs is 1. The Balaban J connectivity index is 1.24. The summed E-state index contributed by atoms with van der Waals surface area (Å²) in [5, 5.41) is 1.91. The minimum atomic E-state index is -0.343. The van der Waals surface area contributed by atoms with Gasteiger partial charge in [0.25, 0.3) is 5.91 Å². The number of rotatable bonds is 5. The van der Waals surface area contributed by atoms with Crippen molar-refractivity contribution in [3.8, 4) is 0 Å². The highest BCUT2D eigenvalue weighted by Gasteiger charge is 2.26. The molecule has 29 heavy (non-hydrogen) atoms. The van der Waals surface area contributed by atoms with E-state index in [-0.39, 0.29) is 18.5 Å². The third-order valence-corrected chi connectivity index (χ3v) is 7.33. The molecule has 1 atom stereocenters. The minimum absolute atomic E-state index is 0.0748. The summed E-state index contributed by atoms with van der Waals surface area (Å²) < 4.78 is 5.39. The highest BCUT2D eigenvalue weighted by atomic mass is 32.1. The Hall–Kier alpha value is -2.14. The van der Waals surface area contributed by atoms with E-state index in [0.717, 1.165) is 57.2 Å². The van der Waals surface area contributed by atoms with Gasteiger partial charge in [0, 0.05) is 23.3 Å². The van der Waals surface area contributed by atoms with Gasteiger partial charge in [0.2, 0.25) is 0 Å². The topological polar surface area (TPSA) is 46.6 Å². The number of nitrogens with zero attached hydrogens (tertiary/aromatic N) is 1. The summed E-state index contributed by atoms with van der Waals surface area (Å²) in [5.74, 6) is 0.874. The van der Waals surface area contributed by atoms with Gasteiger partial charge in [-0.3, -0.25) is 4.79 Å². The first kappa shape index (κ1) is 20.1. The Morgan fingerprint density at radius 3 is 2.66 bits per heavy atom. The number of benzene rings is 1. The van der Waals surface area contributed by atoms with Crippen LogP contribution in [0.4, 0.5) is 0 Å². The van der Waals surface area contributed by atoms with Crippen LogP contribution in [0.2, 0.25) is 0 Å². The molecule has 2 aliphatic rings. The maximum Gasteiger partial charge on any atom is 0.339 e. The molecular formula is C24H29NO3S. The van der Waals surface area contributed by atoms with Gasteiger partial charge >= 0.3 is 5.97 Å². The molecule has 1 saturated heterocycles. The monoisotopic (exact) mass is 411 g/mol. The molecule has 1 aromatic heterocycles. The number of carbonyl (C=O) groups excluding carboxylic acids is 2. The van der Waals surface area contributed by atoms with Gasteiger partial charge in [-0.1, -0.05) is 37.3 Å². The van der Waals surface area contributed by atoms with E-state index in [2.05, 4.69) is 31.2 Å². The third kappa shape index (κ3) is 4.89. The SMILES string of the molecule is CC1CCc2c(C(=O)OCC(=O)N3CCC(Cc4ccccc4)CC3)csc2C1. The number of hydrogen-bond donors (Lipinski definition) is 0. The Morgan fingerprint density at radius 1 is 1.14 bits per heavy atom. The summed E-state index contributed by atoms with van der Waals surface area (Å²) in [6.45, 7) is 3.60. The van der Waals surface area contributed by atoms with E-state index in [4.69, 9.17) is 4.74 Å². The van der Waals surface area contributed by atoms with Crippen molar-refractivity contribution in [1.82, 2.24) is 4.90 Å². The standard InChI is InChI=1S/C24H29NO3S/c1-17-7-8-20-21(16-29-22(20)13-17)24(27)28-15-23(26)25-11-9-19(10-12-25)14-18-5-3-2-4-6-18/h2-6,16-17,19H,7-15H2,1H3. The maximum atomic E-state index is 12.5. The van der Waals surface area contributed by atoms with Crippen molar-refractivity contribution in [2.75, 3.05) is 19.7 Å². The molecule has 5 heteroatoms. The highest BCUT2D eigenvalue weighted by Crippen LogP contribution is 2.33. The first-order valence-electron chi connectivity index (χ1n) is 10.7. The lowest BCUT2D eigenvalue weighted by Crippen LogP contribution is -2.41. The van der Waals surface area contributed by atoms with Gasteiger partial charge in [0.05, 0.1) is 5.56 Å². The van der Waals surface area contributed by atoms with Crippen LogP contribution in [-0.2, 0) is 28.8 Å². The lowest BCUT2D eigenvalue weighted by molar-refractivity contribution is -0.135. The number of likely N-dealkylation sites (tertiary alicyclic amines) is 1. The molecule has 2 heterocycles. The maximum absolute atomic E-state index is 12.5. The van der Waals surface area contributed by atoms with E-state index in [1.165, 1.54) is 10.4 Å². The molecule has 1 aromatic carbocycles. The summed E-state index contributed by atoms with van der Waals surface area (Å²) in [5.41, 5.74) is 3.18. The second kappa shape index (κ2) is 9.12. The van der Waals surface area contributed by atoms with Crippen LogP contribution in [0, 0.1) is 11.8 Å². The predicted molar refractivity (Wildman–Crippen MR) is 115 cm³/mol. The molecule has 0 saturated carbocycles. The van der Waals surface area contributed by atoms with E-state index < -0.39 is 0 Å². The number of carbonyl (C=O) groups is 2. The Labute approximate surface area is 176 Å². The molecule has 1 amide bonds. The summed E-state index contributed by atoms with van der Waals surface area (Å²) in [6, 6.07) is 10.5. The van der Waals surface area contributed by atoms with Crippen molar-refractivity contribution in [3.05, 3.63) is 57.3 Å². The van der Waals surface area contributed by atoms with Crippen LogP contribution >= 0.6 is 11.3 Å². The second-order valence-corrected chi connectivity index (χ2v) is 9.45. The molecule has 1 unspecified atom stereocenters. The molecule has 154 valence electrons. The van der Waals surface area contributed by atoms with E-state index in [0.29, 0.717) is 17.4 Å². The highest BCUT2D eigenvalue weighted by molar-refractivity contribution is 7.10. The van der Waals surface area contributed by atoms with E-state index in [9.17, 15) is 9.59 Å². The molecule has 4 nitrogen and oxygen atoms in total. The van der Waals surface area contributed by atoms with Gasteiger partial charge in [-0.15, -0.1) is 11.3 Å². The fourth-order valence-electron chi connectivity index (χ4n) is 4.48. The Bertz CT molecular complexity index is 852. The summed E-state index contributed by atoms with van der Waals surface area (Å²) in [7, 11) is 0. The van der Waals surface area contributed by atoms with Crippen molar-refractivity contribution in [2.45, 2.75) is 45.4 Å². The number of piperidine rings is 1. The van der Waals surface area contributed by atoms with Crippen molar-refractivity contribution < 1.29 is 14.3 Å². The van der Waals surface area contributed by atoms with Crippen LogP contribution in [0.5, 0.6) is 0 Å².